The molecule has 0 aromatic heterocycles. The first-order valence-corrected chi connectivity index (χ1v) is 10.3. The third-order valence-corrected chi connectivity index (χ3v) is 6.51. The predicted molar refractivity (Wildman–Crippen MR) is 97.1 cm³/mol. The van der Waals surface area contributed by atoms with Crippen molar-refractivity contribution in [2.45, 2.75) is 37.1 Å². The number of quaternary nitrogens is 1. The minimum absolute atomic E-state index is 0.00311. The average Bonchev–Trinajstić information content (AvgIpc) is 3.10. The number of benzene rings is 1. The molecule has 1 heterocycles. The standard InChI is InChI=1S/C17H28N2O7S/c1-14-5-6-16(12-17(14)19(20)21)27(22,23)18-8-3-4-15(18)7-9-25-13-26-11-10-24-2/h5-6,12,15,19-20H,3-4,7-11,13H2,1-2H3/t15-/m1/s1. The smallest absolute Gasteiger partial charge is 0.243 e. The molecule has 10 heteroatoms. The molecule has 1 aliphatic heterocycles. The number of hydrogen-bond donors (Lipinski definition) is 2. The van der Waals surface area contributed by atoms with Gasteiger partial charge in [-0.2, -0.15) is 9.53 Å². The van der Waals surface area contributed by atoms with Crippen molar-refractivity contribution in [3.63, 3.8) is 0 Å². The Morgan fingerprint density at radius 1 is 1.30 bits per heavy atom. The molecular formula is C17H28N2O7S. The van der Waals surface area contributed by atoms with Crippen molar-refractivity contribution in [1.82, 2.24) is 4.31 Å². The van der Waals surface area contributed by atoms with Crippen LogP contribution in [-0.2, 0) is 24.2 Å². The van der Waals surface area contributed by atoms with Crippen LogP contribution in [0.2, 0.25) is 0 Å². The van der Waals surface area contributed by atoms with E-state index < -0.39 is 15.2 Å². The summed E-state index contributed by atoms with van der Waals surface area (Å²) in [5.74, 6) is 0. The van der Waals surface area contributed by atoms with Gasteiger partial charge in [0.25, 0.3) is 0 Å². The number of methoxy groups -OCH3 is 1. The summed E-state index contributed by atoms with van der Waals surface area (Å²) >= 11 is 0. The van der Waals surface area contributed by atoms with Crippen LogP contribution in [0.25, 0.3) is 0 Å². The molecule has 0 radical (unpaired) electrons. The second kappa shape index (κ2) is 10.4. The highest BCUT2D eigenvalue weighted by molar-refractivity contribution is 7.89. The summed E-state index contributed by atoms with van der Waals surface area (Å²) in [4.78, 5) is 0.0150. The van der Waals surface area contributed by atoms with Crippen molar-refractivity contribution in [3.05, 3.63) is 29.0 Å². The zero-order valence-corrected chi connectivity index (χ0v) is 16.5. The zero-order valence-electron chi connectivity index (χ0n) is 15.7. The average molecular weight is 404 g/mol. The molecule has 9 nitrogen and oxygen atoms in total. The Hall–Kier alpha value is -1.11. The van der Waals surface area contributed by atoms with Gasteiger partial charge in [0.05, 0.1) is 24.7 Å². The molecule has 2 atom stereocenters. The lowest BCUT2D eigenvalue weighted by atomic mass is 10.2. The Morgan fingerprint density at radius 3 is 2.74 bits per heavy atom. The molecule has 154 valence electrons. The maximum Gasteiger partial charge on any atom is 0.243 e. The molecule has 1 aliphatic rings. The van der Waals surface area contributed by atoms with Gasteiger partial charge in [0.15, 0.2) is 5.69 Å². The van der Waals surface area contributed by atoms with Gasteiger partial charge in [0.1, 0.15) is 6.79 Å². The van der Waals surface area contributed by atoms with Crippen molar-refractivity contribution < 1.29 is 33.1 Å². The maximum atomic E-state index is 13.0. The number of sulfonamides is 1. The molecule has 2 N–H and O–H groups in total. The van der Waals surface area contributed by atoms with Gasteiger partial charge in [-0.15, -0.1) is 0 Å². The van der Waals surface area contributed by atoms with E-state index in [2.05, 4.69) is 0 Å². The Bertz CT molecular complexity index is 697. The third-order valence-electron chi connectivity index (χ3n) is 4.56. The van der Waals surface area contributed by atoms with E-state index in [9.17, 15) is 18.8 Å². The second-order valence-corrected chi connectivity index (χ2v) is 8.30. The van der Waals surface area contributed by atoms with E-state index in [-0.39, 0.29) is 23.4 Å². The van der Waals surface area contributed by atoms with Crippen molar-refractivity contribution in [2.24, 2.45) is 0 Å². The quantitative estimate of drug-likeness (QED) is 0.315. The van der Waals surface area contributed by atoms with Crippen LogP contribution in [0.15, 0.2) is 23.1 Å². The van der Waals surface area contributed by atoms with Gasteiger partial charge in [0, 0.05) is 31.3 Å². The number of hydrogen-bond acceptors (Lipinski definition) is 7. The fourth-order valence-electron chi connectivity index (χ4n) is 3.08. The lowest BCUT2D eigenvalue weighted by Crippen LogP contribution is -2.99. The summed E-state index contributed by atoms with van der Waals surface area (Å²) in [5, 5.41) is 19.4. The van der Waals surface area contributed by atoms with E-state index in [0.717, 1.165) is 12.8 Å². The fraction of sp³-hybridized carbons (Fsp3) is 0.647. The summed E-state index contributed by atoms with van der Waals surface area (Å²) in [6.07, 6.45) is 2.08. The minimum Gasteiger partial charge on any atom is -0.595 e. The monoisotopic (exact) mass is 404 g/mol. The maximum absolute atomic E-state index is 13.0. The second-order valence-electron chi connectivity index (χ2n) is 6.41. The molecule has 0 bridgehead atoms. The minimum atomic E-state index is -3.75. The van der Waals surface area contributed by atoms with Crippen LogP contribution >= 0.6 is 0 Å². The predicted octanol–water partition coefficient (Wildman–Crippen LogP) is 0.579. The summed E-state index contributed by atoms with van der Waals surface area (Å²) < 4.78 is 42.9. The molecule has 1 saturated heterocycles. The van der Waals surface area contributed by atoms with Gasteiger partial charge < -0.3 is 19.4 Å². The molecule has 0 amide bonds. The molecule has 1 unspecified atom stereocenters. The molecule has 0 spiro atoms. The lowest BCUT2D eigenvalue weighted by Gasteiger charge is -2.24. The Labute approximate surface area is 160 Å². The van der Waals surface area contributed by atoms with Crippen molar-refractivity contribution in [1.29, 1.82) is 0 Å². The zero-order chi connectivity index (χ0) is 19.9. The van der Waals surface area contributed by atoms with E-state index in [0.29, 0.717) is 38.3 Å². The van der Waals surface area contributed by atoms with Crippen molar-refractivity contribution >= 4 is 15.7 Å². The highest BCUT2D eigenvalue weighted by Gasteiger charge is 2.35. The Balaban J connectivity index is 1.97. The SMILES string of the molecule is COCCOCOCC[C@H]1CCCN1S(=O)(=O)c1ccc(C)c([NH+]([O-])O)c1. The van der Waals surface area contributed by atoms with Gasteiger partial charge in [-0.05, 0) is 32.3 Å². The number of ether oxygens (including phenoxy) is 3. The normalized spacial score (nSPS) is 19.5. The highest BCUT2D eigenvalue weighted by atomic mass is 32.2. The number of nitrogens with zero attached hydrogens (tertiary/aromatic N) is 1. The van der Waals surface area contributed by atoms with Gasteiger partial charge >= 0.3 is 0 Å². The van der Waals surface area contributed by atoms with Crippen LogP contribution in [0.1, 0.15) is 24.8 Å². The molecule has 0 aliphatic carbocycles. The summed E-state index contributed by atoms with van der Waals surface area (Å²) in [7, 11) is -2.16. The molecule has 0 saturated carbocycles. The van der Waals surface area contributed by atoms with Crippen LogP contribution in [0.4, 0.5) is 5.69 Å². The van der Waals surface area contributed by atoms with E-state index in [4.69, 9.17) is 14.2 Å². The number of rotatable bonds is 11. The first-order chi connectivity index (χ1) is 12.9. The first-order valence-electron chi connectivity index (χ1n) is 8.88. The highest BCUT2D eigenvalue weighted by Crippen LogP contribution is 2.29. The molecule has 1 aromatic rings. The molecule has 1 fully saturated rings. The molecule has 2 rings (SSSR count). The van der Waals surface area contributed by atoms with Crippen LogP contribution in [0, 0.1) is 12.1 Å². The fourth-order valence-corrected chi connectivity index (χ4v) is 4.83. The summed E-state index contributed by atoms with van der Waals surface area (Å²) in [6, 6.07) is 4.07. The van der Waals surface area contributed by atoms with Crippen molar-refractivity contribution in [3.8, 4) is 0 Å². The molecule has 1 aromatic carbocycles. The number of nitrogens with one attached hydrogen (secondary N) is 1. The lowest BCUT2D eigenvalue weighted by molar-refractivity contribution is -0.991. The summed E-state index contributed by atoms with van der Waals surface area (Å²) in [5.41, 5.74) is 0.532. The van der Waals surface area contributed by atoms with E-state index >= 15 is 0 Å². The third kappa shape index (κ3) is 5.93. The van der Waals surface area contributed by atoms with E-state index in [1.54, 1.807) is 14.0 Å². The van der Waals surface area contributed by atoms with Crippen LogP contribution in [-0.4, -0.2) is 64.2 Å². The van der Waals surface area contributed by atoms with Crippen LogP contribution < -0.4 is 5.23 Å². The van der Waals surface area contributed by atoms with Gasteiger partial charge in [-0.3, -0.25) is 0 Å². The Kier molecular flexibility index (Phi) is 8.58. The van der Waals surface area contributed by atoms with Crippen molar-refractivity contribution in [2.75, 3.05) is 40.3 Å². The van der Waals surface area contributed by atoms with Crippen LogP contribution in [0.5, 0.6) is 0 Å². The van der Waals surface area contributed by atoms with Gasteiger partial charge in [-0.25, -0.2) is 13.6 Å². The van der Waals surface area contributed by atoms with E-state index in [1.807, 2.05) is 0 Å². The number of aryl methyl sites for hydroxylation is 1. The van der Waals surface area contributed by atoms with Crippen LogP contribution in [0.3, 0.4) is 0 Å². The topological polar surface area (TPSA) is 113 Å². The van der Waals surface area contributed by atoms with Gasteiger partial charge in [0.2, 0.25) is 10.0 Å². The molecular weight excluding hydrogens is 376 g/mol. The summed E-state index contributed by atoms with van der Waals surface area (Å²) in [6.45, 7) is 3.53. The molecule has 27 heavy (non-hydrogen) atoms. The first kappa shape index (κ1) is 22.2. The van der Waals surface area contributed by atoms with E-state index in [1.165, 1.54) is 22.5 Å². The van der Waals surface area contributed by atoms with Gasteiger partial charge in [-0.1, -0.05) is 6.07 Å². The largest absolute Gasteiger partial charge is 0.595 e. The Morgan fingerprint density at radius 2 is 2.04 bits per heavy atom.